The molecule has 0 N–H and O–H groups in total. The number of benzene rings is 1. The van der Waals surface area contributed by atoms with Gasteiger partial charge in [0.1, 0.15) is 0 Å². The van der Waals surface area contributed by atoms with Gasteiger partial charge in [-0.05, 0) is 24.1 Å². The SMILES string of the molecule is CC(CBr)CN1C(=O)C(=O)c2cc(Cl)ccc21. The highest BCUT2D eigenvalue weighted by atomic mass is 79.9. The van der Waals surface area contributed by atoms with Crippen LogP contribution in [0.2, 0.25) is 5.02 Å². The zero-order chi connectivity index (χ0) is 12.6. The molecule has 0 aromatic heterocycles. The molecule has 0 saturated carbocycles. The molecule has 0 radical (unpaired) electrons. The number of anilines is 1. The van der Waals surface area contributed by atoms with Crippen LogP contribution in [0.1, 0.15) is 17.3 Å². The molecule has 0 spiro atoms. The third-order valence-electron chi connectivity index (χ3n) is 2.69. The maximum absolute atomic E-state index is 11.8. The predicted molar refractivity (Wildman–Crippen MR) is 71.1 cm³/mol. The van der Waals surface area contributed by atoms with Crippen molar-refractivity contribution in [1.82, 2.24) is 0 Å². The molecule has 1 atom stereocenters. The molecule has 1 aromatic carbocycles. The lowest BCUT2D eigenvalue weighted by Crippen LogP contribution is -2.34. The number of alkyl halides is 1. The minimum Gasteiger partial charge on any atom is -0.304 e. The average Bonchev–Trinajstić information content (AvgIpc) is 2.54. The Labute approximate surface area is 113 Å². The highest BCUT2D eigenvalue weighted by molar-refractivity contribution is 9.09. The molecule has 3 nitrogen and oxygen atoms in total. The first-order chi connectivity index (χ1) is 8.04. The molecule has 0 aliphatic carbocycles. The Bertz CT molecular complexity index is 489. The lowest BCUT2D eigenvalue weighted by Gasteiger charge is -2.19. The van der Waals surface area contributed by atoms with Gasteiger partial charge in [-0.3, -0.25) is 9.59 Å². The van der Waals surface area contributed by atoms with Crippen LogP contribution in [0.3, 0.4) is 0 Å². The van der Waals surface area contributed by atoms with Crippen LogP contribution < -0.4 is 4.90 Å². The summed E-state index contributed by atoms with van der Waals surface area (Å²) in [4.78, 5) is 25.1. The molecule has 1 aliphatic heterocycles. The zero-order valence-corrected chi connectivity index (χ0v) is 11.6. The summed E-state index contributed by atoms with van der Waals surface area (Å²) in [7, 11) is 0. The van der Waals surface area contributed by atoms with Gasteiger partial charge in [-0.15, -0.1) is 0 Å². The summed E-state index contributed by atoms with van der Waals surface area (Å²) in [6.07, 6.45) is 0. The van der Waals surface area contributed by atoms with E-state index in [0.29, 0.717) is 22.8 Å². The number of fused-ring (bicyclic) bond motifs is 1. The zero-order valence-electron chi connectivity index (χ0n) is 9.24. The second-order valence-electron chi connectivity index (χ2n) is 4.17. The van der Waals surface area contributed by atoms with Crippen LogP contribution in [0.25, 0.3) is 0 Å². The summed E-state index contributed by atoms with van der Waals surface area (Å²) >= 11 is 9.19. The Morgan fingerprint density at radius 1 is 1.41 bits per heavy atom. The summed E-state index contributed by atoms with van der Waals surface area (Å²) in [6, 6.07) is 4.97. The van der Waals surface area contributed by atoms with Crippen LogP contribution in [0.4, 0.5) is 5.69 Å². The summed E-state index contributed by atoms with van der Waals surface area (Å²) in [5.74, 6) is -0.646. The van der Waals surface area contributed by atoms with Crippen molar-refractivity contribution < 1.29 is 9.59 Å². The van der Waals surface area contributed by atoms with E-state index < -0.39 is 11.7 Å². The van der Waals surface area contributed by atoms with E-state index in [-0.39, 0.29) is 5.92 Å². The fourth-order valence-corrected chi connectivity index (χ4v) is 2.19. The van der Waals surface area contributed by atoms with Crippen LogP contribution >= 0.6 is 27.5 Å². The van der Waals surface area contributed by atoms with Gasteiger partial charge in [0, 0.05) is 16.9 Å². The number of Topliss-reactive ketones (excluding diaryl/α,β-unsaturated/α-hetero) is 1. The van der Waals surface area contributed by atoms with Crippen molar-refractivity contribution in [2.75, 3.05) is 16.8 Å². The topological polar surface area (TPSA) is 37.4 Å². The van der Waals surface area contributed by atoms with Crippen molar-refractivity contribution in [2.24, 2.45) is 5.92 Å². The van der Waals surface area contributed by atoms with E-state index in [1.165, 1.54) is 4.90 Å². The number of rotatable bonds is 3. The van der Waals surface area contributed by atoms with Gasteiger partial charge in [0.15, 0.2) is 0 Å². The standard InChI is InChI=1S/C12H11BrClNO2/c1-7(5-13)6-15-10-3-2-8(14)4-9(10)11(16)12(15)17/h2-4,7H,5-6H2,1H3. The van der Waals surface area contributed by atoms with Gasteiger partial charge in [-0.25, -0.2) is 0 Å². The Kier molecular flexibility index (Phi) is 3.54. The number of hydrogen-bond donors (Lipinski definition) is 0. The molecule has 0 fully saturated rings. The van der Waals surface area contributed by atoms with E-state index in [2.05, 4.69) is 15.9 Å². The second kappa shape index (κ2) is 4.78. The number of ketones is 1. The average molecular weight is 317 g/mol. The third-order valence-corrected chi connectivity index (χ3v) is 4.03. The minimum atomic E-state index is -0.468. The lowest BCUT2D eigenvalue weighted by atomic mass is 10.1. The largest absolute Gasteiger partial charge is 0.304 e. The van der Waals surface area contributed by atoms with Gasteiger partial charge in [0.25, 0.3) is 11.7 Å². The van der Waals surface area contributed by atoms with Crippen molar-refractivity contribution in [1.29, 1.82) is 0 Å². The van der Waals surface area contributed by atoms with E-state index >= 15 is 0 Å². The van der Waals surface area contributed by atoms with Crippen molar-refractivity contribution in [3.05, 3.63) is 28.8 Å². The van der Waals surface area contributed by atoms with E-state index in [4.69, 9.17) is 11.6 Å². The van der Waals surface area contributed by atoms with Gasteiger partial charge in [0.05, 0.1) is 11.3 Å². The normalized spacial score (nSPS) is 16.3. The van der Waals surface area contributed by atoms with E-state index in [9.17, 15) is 9.59 Å². The molecule has 2 rings (SSSR count). The van der Waals surface area contributed by atoms with Gasteiger partial charge in [0.2, 0.25) is 0 Å². The Hall–Kier alpha value is -0.870. The summed E-state index contributed by atoms with van der Waals surface area (Å²) in [5, 5.41) is 1.26. The summed E-state index contributed by atoms with van der Waals surface area (Å²) in [6.45, 7) is 2.55. The van der Waals surface area contributed by atoms with Gasteiger partial charge < -0.3 is 4.90 Å². The number of carbonyl (C=O) groups excluding carboxylic acids is 2. The highest BCUT2D eigenvalue weighted by Gasteiger charge is 2.36. The molecule has 17 heavy (non-hydrogen) atoms. The smallest absolute Gasteiger partial charge is 0.299 e. The van der Waals surface area contributed by atoms with Crippen LogP contribution in [-0.2, 0) is 4.79 Å². The van der Waals surface area contributed by atoms with Crippen LogP contribution in [0.5, 0.6) is 0 Å². The first kappa shape index (κ1) is 12.6. The molecule has 1 aliphatic rings. The first-order valence-corrected chi connectivity index (χ1v) is 6.76. The molecule has 1 unspecified atom stereocenters. The van der Waals surface area contributed by atoms with Crippen molar-refractivity contribution in [3.8, 4) is 0 Å². The van der Waals surface area contributed by atoms with Crippen molar-refractivity contribution in [2.45, 2.75) is 6.92 Å². The van der Waals surface area contributed by atoms with Gasteiger partial charge in [-0.1, -0.05) is 34.5 Å². The van der Waals surface area contributed by atoms with Crippen molar-refractivity contribution >= 4 is 44.9 Å². The second-order valence-corrected chi connectivity index (χ2v) is 5.25. The van der Waals surface area contributed by atoms with E-state index in [0.717, 1.165) is 5.33 Å². The quantitative estimate of drug-likeness (QED) is 0.635. The maximum atomic E-state index is 11.8. The lowest BCUT2D eigenvalue weighted by molar-refractivity contribution is -0.114. The maximum Gasteiger partial charge on any atom is 0.299 e. The molecule has 90 valence electrons. The highest BCUT2D eigenvalue weighted by Crippen LogP contribution is 2.31. The molecule has 1 aromatic rings. The Morgan fingerprint density at radius 3 is 2.76 bits per heavy atom. The molecular formula is C12H11BrClNO2. The fraction of sp³-hybridized carbons (Fsp3) is 0.333. The van der Waals surface area contributed by atoms with E-state index in [1.54, 1.807) is 18.2 Å². The van der Waals surface area contributed by atoms with Gasteiger partial charge >= 0.3 is 0 Å². The molecule has 0 bridgehead atoms. The van der Waals surface area contributed by atoms with Crippen LogP contribution in [0.15, 0.2) is 18.2 Å². The summed E-state index contributed by atoms with van der Waals surface area (Å²) in [5.41, 5.74) is 1.07. The summed E-state index contributed by atoms with van der Waals surface area (Å²) < 4.78 is 0. The number of halogens is 2. The Morgan fingerprint density at radius 2 is 2.12 bits per heavy atom. The fourth-order valence-electron chi connectivity index (χ4n) is 1.81. The van der Waals surface area contributed by atoms with Crippen LogP contribution in [-0.4, -0.2) is 23.6 Å². The molecule has 1 heterocycles. The number of amides is 1. The molecule has 5 heteroatoms. The van der Waals surface area contributed by atoms with Gasteiger partial charge in [-0.2, -0.15) is 0 Å². The van der Waals surface area contributed by atoms with Crippen LogP contribution in [0, 0.1) is 5.92 Å². The number of carbonyl (C=O) groups is 2. The third kappa shape index (κ3) is 2.24. The monoisotopic (exact) mass is 315 g/mol. The molecule has 1 amide bonds. The number of nitrogens with zero attached hydrogens (tertiary/aromatic N) is 1. The Balaban J connectivity index is 2.38. The predicted octanol–water partition coefficient (Wildman–Crippen LogP) is 2.90. The minimum absolute atomic E-state index is 0.286. The van der Waals surface area contributed by atoms with Crippen molar-refractivity contribution in [3.63, 3.8) is 0 Å². The number of hydrogen-bond acceptors (Lipinski definition) is 2. The van der Waals surface area contributed by atoms with E-state index in [1.807, 2.05) is 6.92 Å². The molecule has 0 saturated heterocycles. The molecular weight excluding hydrogens is 305 g/mol. The first-order valence-electron chi connectivity index (χ1n) is 5.26.